The average molecular weight is 356 g/mol. The van der Waals surface area contributed by atoms with Crippen molar-refractivity contribution in [1.29, 1.82) is 0 Å². The van der Waals surface area contributed by atoms with Crippen molar-refractivity contribution in [3.63, 3.8) is 0 Å². The van der Waals surface area contributed by atoms with Crippen LogP contribution in [0.25, 0.3) is 11.1 Å². The summed E-state index contributed by atoms with van der Waals surface area (Å²) in [7, 11) is 0. The highest BCUT2D eigenvalue weighted by molar-refractivity contribution is 6.35. The van der Waals surface area contributed by atoms with E-state index in [1.54, 1.807) is 18.2 Å². The summed E-state index contributed by atoms with van der Waals surface area (Å²) in [4.78, 5) is 12.2. The van der Waals surface area contributed by atoms with Gasteiger partial charge in [-0.2, -0.15) is 0 Å². The van der Waals surface area contributed by atoms with Gasteiger partial charge in [-0.1, -0.05) is 77.8 Å². The van der Waals surface area contributed by atoms with Crippen LogP contribution in [0.3, 0.4) is 0 Å². The number of carbonyl (C=O) groups is 1. The number of hydrogen-bond donors (Lipinski definition) is 1. The molecule has 0 bridgehead atoms. The predicted octanol–water partition coefficient (Wildman–Crippen LogP) is 5.84. The molecule has 1 amide bonds. The van der Waals surface area contributed by atoms with Gasteiger partial charge < -0.3 is 5.32 Å². The van der Waals surface area contributed by atoms with Crippen LogP contribution in [0.4, 0.5) is 5.69 Å². The van der Waals surface area contributed by atoms with E-state index in [4.69, 9.17) is 23.2 Å². The van der Waals surface area contributed by atoms with E-state index in [1.807, 2.05) is 42.5 Å². The summed E-state index contributed by atoms with van der Waals surface area (Å²) < 4.78 is 0. The molecule has 0 aromatic heterocycles. The van der Waals surface area contributed by atoms with E-state index < -0.39 is 0 Å². The first kappa shape index (κ1) is 16.6. The Morgan fingerprint density at radius 3 is 2.21 bits per heavy atom. The van der Waals surface area contributed by atoms with Gasteiger partial charge in [0.1, 0.15) is 0 Å². The van der Waals surface area contributed by atoms with Crippen LogP contribution in [0.1, 0.15) is 5.56 Å². The molecule has 4 heteroatoms. The van der Waals surface area contributed by atoms with Gasteiger partial charge in [-0.25, -0.2) is 0 Å². The Balaban J connectivity index is 1.67. The van der Waals surface area contributed by atoms with E-state index in [1.165, 1.54) is 0 Å². The van der Waals surface area contributed by atoms with E-state index >= 15 is 0 Å². The lowest BCUT2D eigenvalue weighted by Gasteiger charge is -2.08. The van der Waals surface area contributed by atoms with E-state index in [-0.39, 0.29) is 12.3 Å². The molecule has 0 atom stereocenters. The monoisotopic (exact) mass is 355 g/mol. The second-order valence-electron chi connectivity index (χ2n) is 5.41. The van der Waals surface area contributed by atoms with Gasteiger partial charge in [0.15, 0.2) is 0 Å². The van der Waals surface area contributed by atoms with Crippen molar-refractivity contribution in [3.05, 3.63) is 88.4 Å². The van der Waals surface area contributed by atoms with Crippen LogP contribution in [-0.4, -0.2) is 5.91 Å². The zero-order valence-corrected chi connectivity index (χ0v) is 14.3. The van der Waals surface area contributed by atoms with E-state index in [2.05, 4.69) is 17.4 Å². The molecular weight excluding hydrogens is 341 g/mol. The van der Waals surface area contributed by atoms with Crippen LogP contribution in [0.15, 0.2) is 72.8 Å². The number of hydrogen-bond acceptors (Lipinski definition) is 1. The highest BCUT2D eigenvalue weighted by Gasteiger charge is 2.08. The fourth-order valence-electron chi connectivity index (χ4n) is 2.42. The van der Waals surface area contributed by atoms with Gasteiger partial charge in [-0.3, -0.25) is 4.79 Å². The van der Waals surface area contributed by atoms with Gasteiger partial charge >= 0.3 is 0 Å². The quantitative estimate of drug-likeness (QED) is 0.625. The smallest absolute Gasteiger partial charge is 0.228 e. The fourth-order valence-corrected chi connectivity index (χ4v) is 2.76. The minimum Gasteiger partial charge on any atom is -0.324 e. The summed E-state index contributed by atoms with van der Waals surface area (Å²) in [5, 5.41) is 3.79. The topological polar surface area (TPSA) is 29.1 Å². The van der Waals surface area contributed by atoms with Gasteiger partial charge in [0.05, 0.1) is 17.1 Å². The largest absolute Gasteiger partial charge is 0.324 e. The molecule has 0 fully saturated rings. The molecule has 0 saturated heterocycles. The molecule has 0 radical (unpaired) electrons. The molecular formula is C20H15Cl2NO. The summed E-state index contributed by atoms with van der Waals surface area (Å²) >= 11 is 12.0. The third-order valence-electron chi connectivity index (χ3n) is 3.63. The number of rotatable bonds is 4. The number of amides is 1. The maximum absolute atomic E-state index is 12.2. The minimum absolute atomic E-state index is 0.133. The van der Waals surface area contributed by atoms with E-state index in [0.29, 0.717) is 15.7 Å². The molecule has 0 aliphatic carbocycles. The summed E-state index contributed by atoms with van der Waals surface area (Å²) in [6, 6.07) is 23.1. The number of benzene rings is 3. The third-order valence-corrected chi connectivity index (χ3v) is 4.19. The molecule has 3 aromatic rings. The van der Waals surface area contributed by atoms with Crippen molar-refractivity contribution in [1.82, 2.24) is 0 Å². The molecule has 24 heavy (non-hydrogen) atoms. The Bertz CT molecular complexity index is 845. The second-order valence-corrected chi connectivity index (χ2v) is 6.26. The van der Waals surface area contributed by atoms with Crippen LogP contribution in [0.2, 0.25) is 10.0 Å². The zero-order chi connectivity index (χ0) is 16.9. The normalized spacial score (nSPS) is 10.4. The molecule has 120 valence electrons. The highest BCUT2D eigenvalue weighted by Crippen LogP contribution is 2.25. The lowest BCUT2D eigenvalue weighted by molar-refractivity contribution is -0.115. The molecule has 0 unspecified atom stereocenters. The van der Waals surface area contributed by atoms with Crippen LogP contribution < -0.4 is 5.32 Å². The summed E-state index contributed by atoms with van der Waals surface area (Å²) in [6.07, 6.45) is 0.276. The van der Waals surface area contributed by atoms with Crippen molar-refractivity contribution >= 4 is 34.8 Å². The van der Waals surface area contributed by atoms with Crippen LogP contribution in [-0.2, 0) is 11.2 Å². The molecule has 0 spiro atoms. The number of nitrogens with one attached hydrogen (secondary N) is 1. The molecule has 0 heterocycles. The Kier molecular flexibility index (Phi) is 5.19. The first-order valence-corrected chi connectivity index (χ1v) is 8.27. The van der Waals surface area contributed by atoms with Gasteiger partial charge in [0.2, 0.25) is 5.91 Å². The molecule has 3 rings (SSSR count). The highest BCUT2D eigenvalue weighted by atomic mass is 35.5. The molecule has 2 nitrogen and oxygen atoms in total. The van der Waals surface area contributed by atoms with Crippen molar-refractivity contribution in [2.24, 2.45) is 0 Å². The van der Waals surface area contributed by atoms with Gasteiger partial charge in [0, 0.05) is 5.02 Å². The number of carbonyl (C=O) groups excluding carboxylic acids is 1. The average Bonchev–Trinajstić information content (AvgIpc) is 2.59. The maximum Gasteiger partial charge on any atom is 0.228 e. The zero-order valence-electron chi connectivity index (χ0n) is 12.8. The van der Waals surface area contributed by atoms with Crippen molar-refractivity contribution < 1.29 is 4.79 Å². The minimum atomic E-state index is -0.133. The van der Waals surface area contributed by atoms with E-state index in [0.717, 1.165) is 16.7 Å². The van der Waals surface area contributed by atoms with Gasteiger partial charge in [0.25, 0.3) is 0 Å². The van der Waals surface area contributed by atoms with Crippen molar-refractivity contribution in [2.75, 3.05) is 5.32 Å². The van der Waals surface area contributed by atoms with Crippen molar-refractivity contribution in [2.45, 2.75) is 6.42 Å². The Hall–Kier alpha value is -2.29. The Morgan fingerprint density at radius 2 is 1.50 bits per heavy atom. The lowest BCUT2D eigenvalue weighted by Crippen LogP contribution is -2.14. The number of halogens is 2. The first-order valence-electron chi connectivity index (χ1n) is 7.51. The van der Waals surface area contributed by atoms with Crippen LogP contribution in [0, 0.1) is 0 Å². The second kappa shape index (κ2) is 7.52. The maximum atomic E-state index is 12.2. The first-order chi connectivity index (χ1) is 11.6. The Morgan fingerprint density at radius 1 is 0.833 bits per heavy atom. The van der Waals surface area contributed by atoms with Crippen LogP contribution >= 0.6 is 23.2 Å². The molecule has 0 saturated carbocycles. The standard InChI is InChI=1S/C20H15Cl2NO/c21-17-10-11-18(22)19(13-17)23-20(24)12-14-6-8-16(9-7-14)15-4-2-1-3-5-15/h1-11,13H,12H2,(H,23,24). The van der Waals surface area contributed by atoms with E-state index in [9.17, 15) is 4.79 Å². The fraction of sp³-hybridized carbons (Fsp3) is 0.0500. The lowest BCUT2D eigenvalue weighted by atomic mass is 10.0. The summed E-state index contributed by atoms with van der Waals surface area (Å²) in [6.45, 7) is 0. The SMILES string of the molecule is O=C(Cc1ccc(-c2ccccc2)cc1)Nc1cc(Cl)ccc1Cl. The van der Waals surface area contributed by atoms with Gasteiger partial charge in [-0.05, 0) is 34.9 Å². The van der Waals surface area contributed by atoms with Gasteiger partial charge in [-0.15, -0.1) is 0 Å². The summed E-state index contributed by atoms with van der Waals surface area (Å²) in [5.41, 5.74) is 3.73. The molecule has 3 aromatic carbocycles. The molecule has 0 aliphatic rings. The number of anilines is 1. The van der Waals surface area contributed by atoms with Crippen LogP contribution in [0.5, 0.6) is 0 Å². The predicted molar refractivity (Wildman–Crippen MR) is 101 cm³/mol. The van der Waals surface area contributed by atoms with Crippen molar-refractivity contribution in [3.8, 4) is 11.1 Å². The molecule has 0 aliphatic heterocycles. The molecule has 1 N–H and O–H groups in total. The third kappa shape index (κ3) is 4.16. The summed E-state index contributed by atoms with van der Waals surface area (Å²) in [5.74, 6) is -0.133. The Labute approximate surface area is 151 Å².